The first kappa shape index (κ1) is 4.49. The fourth-order valence-corrected chi connectivity index (χ4v) is 0. The summed E-state index contributed by atoms with van der Waals surface area (Å²) in [5.74, 6) is 0. The molecule has 1 unspecified atom stereocenters. The van der Waals surface area contributed by atoms with Crippen LogP contribution in [0.1, 0.15) is 6.92 Å². The van der Waals surface area contributed by atoms with Gasteiger partial charge in [-0.1, -0.05) is 13.2 Å². The van der Waals surface area contributed by atoms with Crippen molar-refractivity contribution in [3.63, 3.8) is 0 Å². The van der Waals surface area contributed by atoms with E-state index in [0.29, 0.717) is 0 Å². The minimum atomic E-state index is 1.24. The molecule has 0 spiro atoms. The van der Waals surface area contributed by atoms with Crippen molar-refractivity contribution in [2.75, 3.05) is 0 Å². The van der Waals surface area contributed by atoms with Gasteiger partial charge in [0.05, 0.1) is 0 Å². The highest BCUT2D eigenvalue weighted by Crippen LogP contribution is 1.77. The van der Waals surface area contributed by atoms with Crippen molar-refractivity contribution in [1.29, 1.82) is 0 Å². The zero-order valence-electron chi connectivity index (χ0n) is 2.99. The molecule has 0 N–H and O–H groups in total. The quantitative estimate of drug-likeness (QED) is 0.316. The summed E-state index contributed by atoms with van der Waals surface area (Å²) >= 11 is 0. The monoisotopic (exact) mass is 74.0 g/mol. The Labute approximate surface area is 30.4 Å². The van der Waals surface area contributed by atoms with Crippen LogP contribution in [0, 0.1) is 0 Å². The summed E-state index contributed by atoms with van der Waals surface area (Å²) < 4.78 is 0. The van der Waals surface area contributed by atoms with Crippen LogP contribution in [0.15, 0.2) is 0 Å². The van der Waals surface area contributed by atoms with Gasteiger partial charge in [0.2, 0.25) is 0 Å². The number of rotatable bonds is 1. The van der Waals surface area contributed by atoms with Crippen molar-refractivity contribution in [2.45, 2.75) is 13.2 Å². The average molecular weight is 73.9 g/mol. The van der Waals surface area contributed by atoms with Gasteiger partial charge < -0.3 is 0 Å². The van der Waals surface area contributed by atoms with Gasteiger partial charge in [0.25, 0.3) is 0 Å². The first-order valence-electron chi connectivity index (χ1n) is 1.62. The second-order valence-electron chi connectivity index (χ2n) is 0.789. The second kappa shape index (κ2) is 3.49. The normalized spacial score (nSPS) is 6.50. The van der Waals surface area contributed by atoms with Crippen molar-refractivity contribution in [1.82, 2.24) is 0 Å². The van der Waals surface area contributed by atoms with Crippen molar-refractivity contribution in [2.24, 2.45) is 0 Å². The second-order valence-corrected chi connectivity index (χ2v) is 1.37. The highest BCUT2D eigenvalue weighted by atomic mass is 31.0. The van der Waals surface area contributed by atoms with Gasteiger partial charge in [-0.25, -0.2) is 0 Å². The smallest absolute Gasteiger partial charge is 0.144 e. The highest BCUT2D eigenvalue weighted by molar-refractivity contribution is 7.55. The maximum Gasteiger partial charge on any atom is 0.144 e. The summed E-state index contributed by atoms with van der Waals surface area (Å²) in [5, 5.41) is 0. The van der Waals surface area contributed by atoms with Crippen LogP contribution in [-0.2, 0) is 0 Å². The standard InChI is InChI=1S/C2H8BP/c1-2-3-4/h3H,2,4H2,1H3. The fourth-order valence-electron chi connectivity index (χ4n) is 0. The molecule has 0 radical (unpaired) electrons. The Morgan fingerprint density at radius 1 is 2.00 bits per heavy atom. The van der Waals surface area contributed by atoms with E-state index in [9.17, 15) is 0 Å². The van der Waals surface area contributed by atoms with Crippen LogP contribution in [0.5, 0.6) is 0 Å². The summed E-state index contributed by atoms with van der Waals surface area (Å²) in [7, 11) is 2.66. The van der Waals surface area contributed by atoms with Crippen LogP contribution >= 0.6 is 9.12 Å². The third kappa shape index (κ3) is 2.49. The van der Waals surface area contributed by atoms with Gasteiger partial charge in [0.1, 0.15) is 7.00 Å². The van der Waals surface area contributed by atoms with Crippen molar-refractivity contribution in [3.05, 3.63) is 0 Å². The lowest BCUT2D eigenvalue weighted by Crippen LogP contribution is -1.60. The predicted molar refractivity (Wildman–Crippen MR) is 27.3 cm³/mol. The number of hydrogen-bond donors (Lipinski definition) is 0. The lowest BCUT2D eigenvalue weighted by atomic mass is 10.1. The third-order valence-corrected chi connectivity index (χ3v) is 0.866. The largest absolute Gasteiger partial charge is 0.175 e. The molecule has 2 heteroatoms. The molecule has 0 aliphatic rings. The third-order valence-electron chi connectivity index (χ3n) is 0.289. The molecule has 0 nitrogen and oxygen atoms in total. The molecule has 4 heavy (non-hydrogen) atoms. The Kier molecular flexibility index (Phi) is 3.93. The van der Waals surface area contributed by atoms with Gasteiger partial charge in [-0.15, -0.1) is 0 Å². The molecule has 0 rings (SSSR count). The maximum atomic E-state index is 2.66. The molecule has 0 bridgehead atoms. The van der Waals surface area contributed by atoms with Crippen LogP contribution in [0.3, 0.4) is 0 Å². The van der Waals surface area contributed by atoms with Gasteiger partial charge >= 0.3 is 0 Å². The molecule has 0 aromatic carbocycles. The molecule has 1 atom stereocenters. The Morgan fingerprint density at radius 2 is 2.25 bits per heavy atom. The molecule has 0 aromatic heterocycles. The zero-order valence-corrected chi connectivity index (χ0v) is 4.15. The zero-order chi connectivity index (χ0) is 3.41. The summed E-state index contributed by atoms with van der Waals surface area (Å²) in [5.41, 5.74) is 0. The molecular formula is C2H8BP. The first-order chi connectivity index (χ1) is 1.91. The fraction of sp³-hybridized carbons (Fsp3) is 1.00. The van der Waals surface area contributed by atoms with E-state index in [1.807, 2.05) is 0 Å². The minimum Gasteiger partial charge on any atom is -0.175 e. The molecule has 0 fully saturated rings. The Morgan fingerprint density at radius 3 is 2.25 bits per heavy atom. The van der Waals surface area contributed by atoms with E-state index in [1.54, 1.807) is 0 Å². The lowest BCUT2D eigenvalue weighted by molar-refractivity contribution is 1.48. The van der Waals surface area contributed by atoms with Crippen molar-refractivity contribution < 1.29 is 0 Å². The molecule has 0 aromatic rings. The van der Waals surface area contributed by atoms with E-state index >= 15 is 0 Å². The molecule has 0 aliphatic heterocycles. The van der Waals surface area contributed by atoms with Gasteiger partial charge in [-0.05, 0) is 0 Å². The van der Waals surface area contributed by atoms with E-state index in [-0.39, 0.29) is 0 Å². The summed E-state index contributed by atoms with van der Waals surface area (Å²) in [6.07, 6.45) is 1.28. The van der Waals surface area contributed by atoms with Crippen LogP contribution in [0.2, 0.25) is 6.32 Å². The van der Waals surface area contributed by atoms with Gasteiger partial charge in [-0.3, -0.25) is 0 Å². The van der Waals surface area contributed by atoms with E-state index in [1.165, 1.54) is 13.3 Å². The van der Waals surface area contributed by atoms with Crippen molar-refractivity contribution >= 4 is 16.1 Å². The molecule has 0 aliphatic carbocycles. The Hall–Kier alpha value is 0.495. The van der Waals surface area contributed by atoms with Gasteiger partial charge in [-0.2, -0.15) is 9.12 Å². The number of hydrogen-bond acceptors (Lipinski definition) is 0. The summed E-state index contributed by atoms with van der Waals surface area (Å²) in [6.45, 7) is 3.40. The average Bonchev–Trinajstić information content (AvgIpc) is 1.37. The molecule has 0 amide bonds. The molecule has 0 saturated heterocycles. The maximum absolute atomic E-state index is 2.66. The topological polar surface area (TPSA) is 0 Å². The highest BCUT2D eigenvalue weighted by Gasteiger charge is 1.62. The Bertz CT molecular complexity index is 8.00. The van der Waals surface area contributed by atoms with Crippen LogP contribution in [-0.4, -0.2) is 7.00 Å². The van der Waals surface area contributed by atoms with Crippen LogP contribution < -0.4 is 0 Å². The Balaban J connectivity index is 1.97. The molecular weight excluding hydrogens is 65.8 g/mol. The van der Waals surface area contributed by atoms with E-state index < -0.39 is 0 Å². The minimum absolute atomic E-state index is 1.24. The first-order valence-corrected chi connectivity index (χ1v) is 2.43. The van der Waals surface area contributed by atoms with E-state index in [4.69, 9.17) is 0 Å². The summed E-state index contributed by atoms with van der Waals surface area (Å²) in [4.78, 5) is 0. The van der Waals surface area contributed by atoms with E-state index in [0.717, 1.165) is 0 Å². The van der Waals surface area contributed by atoms with Crippen LogP contribution in [0.25, 0.3) is 0 Å². The summed E-state index contributed by atoms with van der Waals surface area (Å²) in [6, 6.07) is 0. The molecule has 24 valence electrons. The van der Waals surface area contributed by atoms with Crippen LogP contribution in [0.4, 0.5) is 0 Å². The van der Waals surface area contributed by atoms with Gasteiger partial charge in [0.15, 0.2) is 0 Å². The van der Waals surface area contributed by atoms with Gasteiger partial charge in [0, 0.05) is 0 Å². The molecule has 0 heterocycles. The SMILES string of the molecule is CCBP. The molecule has 0 saturated carbocycles. The lowest BCUT2D eigenvalue weighted by Gasteiger charge is -1.63. The predicted octanol–water partition coefficient (Wildman–Crippen LogP) is 0.651. The van der Waals surface area contributed by atoms with Crippen molar-refractivity contribution in [3.8, 4) is 0 Å². The van der Waals surface area contributed by atoms with E-state index in [2.05, 4.69) is 16.0 Å².